The number of methoxy groups -OCH3 is 1. The molecule has 1 aliphatic heterocycles. The van der Waals surface area contributed by atoms with E-state index in [0.29, 0.717) is 34.6 Å². The molecular weight excluding hydrogens is 485 g/mol. The number of ether oxygens (including phenoxy) is 1. The SMILES string of the molecule is CC.COc1c(NC(=O)c2c(F)cc(N3CCC(NC4CC4)CC3)c3cn(C)nc23)ccn2nc(C)cc12. The van der Waals surface area contributed by atoms with Crippen LogP contribution < -0.4 is 20.3 Å². The second-order valence-electron chi connectivity index (χ2n) is 9.85. The Balaban J connectivity index is 0.00000144. The Kier molecular flexibility index (Phi) is 7.25. The van der Waals surface area contributed by atoms with Gasteiger partial charge < -0.3 is 20.3 Å². The maximum atomic E-state index is 15.6. The number of fused-ring (bicyclic) bond motifs is 2. The van der Waals surface area contributed by atoms with Crippen LogP contribution in [-0.4, -0.2) is 57.6 Å². The number of halogens is 1. The minimum absolute atomic E-state index is 0.0775. The lowest BCUT2D eigenvalue weighted by molar-refractivity contribution is 0.102. The van der Waals surface area contributed by atoms with E-state index in [2.05, 4.69) is 25.7 Å². The number of aryl methyl sites for hydroxylation is 2. The molecule has 2 N–H and O–H groups in total. The summed E-state index contributed by atoms with van der Waals surface area (Å²) in [5, 5.41) is 16.2. The van der Waals surface area contributed by atoms with Crippen LogP contribution in [0.1, 0.15) is 55.6 Å². The van der Waals surface area contributed by atoms with Crippen molar-refractivity contribution in [2.24, 2.45) is 7.05 Å². The molecule has 0 unspecified atom stereocenters. The number of aromatic nitrogens is 4. The lowest BCUT2D eigenvalue weighted by Crippen LogP contribution is -2.43. The van der Waals surface area contributed by atoms with Gasteiger partial charge in [0.05, 0.1) is 24.2 Å². The van der Waals surface area contributed by atoms with Crippen molar-refractivity contribution >= 4 is 33.7 Å². The van der Waals surface area contributed by atoms with Crippen LogP contribution in [0.4, 0.5) is 15.8 Å². The first-order valence-electron chi connectivity index (χ1n) is 13.4. The molecule has 2 aliphatic rings. The zero-order valence-electron chi connectivity index (χ0n) is 22.7. The summed E-state index contributed by atoms with van der Waals surface area (Å²) in [4.78, 5) is 15.6. The molecular formula is C28H36FN7O2. The first-order valence-corrected chi connectivity index (χ1v) is 13.4. The van der Waals surface area contributed by atoms with Gasteiger partial charge in [0, 0.05) is 50.0 Å². The number of amides is 1. The lowest BCUT2D eigenvalue weighted by atomic mass is 10.0. The normalized spacial score (nSPS) is 16.0. The average Bonchev–Trinajstić information content (AvgIpc) is 3.51. The second-order valence-corrected chi connectivity index (χ2v) is 9.85. The van der Waals surface area contributed by atoms with Crippen molar-refractivity contribution < 1.29 is 13.9 Å². The highest BCUT2D eigenvalue weighted by Crippen LogP contribution is 2.35. The average molecular weight is 522 g/mol. The predicted octanol–water partition coefficient (Wildman–Crippen LogP) is 4.68. The topological polar surface area (TPSA) is 88.7 Å². The molecule has 4 aromatic rings. The smallest absolute Gasteiger partial charge is 0.261 e. The van der Waals surface area contributed by atoms with E-state index in [1.54, 1.807) is 28.5 Å². The summed E-state index contributed by atoms with van der Waals surface area (Å²) in [6.07, 6.45) is 8.16. The number of carbonyl (C=O) groups is 1. The lowest BCUT2D eigenvalue weighted by Gasteiger charge is -2.34. The first-order chi connectivity index (χ1) is 18.4. The van der Waals surface area contributed by atoms with Gasteiger partial charge in [0.2, 0.25) is 0 Å². The third kappa shape index (κ3) is 4.92. The number of nitrogens with one attached hydrogen (secondary N) is 2. The van der Waals surface area contributed by atoms with Crippen LogP contribution in [0.25, 0.3) is 16.4 Å². The predicted molar refractivity (Wildman–Crippen MR) is 148 cm³/mol. The van der Waals surface area contributed by atoms with Gasteiger partial charge in [-0.05, 0) is 50.8 Å². The van der Waals surface area contributed by atoms with Crippen LogP contribution in [0, 0.1) is 12.7 Å². The van der Waals surface area contributed by atoms with Crippen molar-refractivity contribution in [3.63, 3.8) is 0 Å². The number of rotatable bonds is 6. The van der Waals surface area contributed by atoms with E-state index < -0.39 is 11.7 Å². The summed E-state index contributed by atoms with van der Waals surface area (Å²) >= 11 is 0. The number of hydrogen-bond acceptors (Lipinski definition) is 6. The van der Waals surface area contributed by atoms with Gasteiger partial charge in [-0.1, -0.05) is 13.8 Å². The van der Waals surface area contributed by atoms with Crippen LogP contribution in [0.3, 0.4) is 0 Å². The Hall–Kier alpha value is -3.66. The summed E-state index contributed by atoms with van der Waals surface area (Å²) in [5.74, 6) is -0.704. The van der Waals surface area contributed by atoms with Crippen LogP contribution >= 0.6 is 0 Å². The minimum atomic E-state index is -0.591. The van der Waals surface area contributed by atoms with E-state index >= 15 is 4.39 Å². The molecule has 1 amide bonds. The highest BCUT2D eigenvalue weighted by molar-refractivity contribution is 6.14. The number of piperidine rings is 1. The zero-order chi connectivity index (χ0) is 27.0. The molecule has 2 fully saturated rings. The molecule has 0 radical (unpaired) electrons. The van der Waals surface area contributed by atoms with Crippen molar-refractivity contribution in [2.45, 2.75) is 58.5 Å². The minimum Gasteiger partial charge on any atom is -0.492 e. The molecule has 0 spiro atoms. The third-order valence-corrected chi connectivity index (χ3v) is 7.13. The Morgan fingerprint density at radius 3 is 2.50 bits per heavy atom. The third-order valence-electron chi connectivity index (χ3n) is 7.13. The summed E-state index contributed by atoms with van der Waals surface area (Å²) in [5.41, 5.74) is 3.03. The largest absolute Gasteiger partial charge is 0.492 e. The molecule has 9 nitrogen and oxygen atoms in total. The van der Waals surface area contributed by atoms with Crippen molar-refractivity contribution in [2.75, 3.05) is 30.4 Å². The van der Waals surface area contributed by atoms with Gasteiger partial charge >= 0.3 is 0 Å². The molecule has 0 bridgehead atoms. The summed E-state index contributed by atoms with van der Waals surface area (Å²) < 4.78 is 24.5. The molecule has 0 atom stereocenters. The maximum absolute atomic E-state index is 15.6. The number of hydrogen-bond donors (Lipinski definition) is 2. The van der Waals surface area contributed by atoms with E-state index in [9.17, 15) is 4.79 Å². The molecule has 1 aliphatic carbocycles. The van der Waals surface area contributed by atoms with Crippen molar-refractivity contribution in [3.05, 3.63) is 47.7 Å². The summed E-state index contributed by atoms with van der Waals surface area (Å²) in [7, 11) is 3.32. The molecule has 1 saturated carbocycles. The van der Waals surface area contributed by atoms with Gasteiger partial charge in [0.15, 0.2) is 5.75 Å². The number of carbonyl (C=O) groups excluding carboxylic acids is 1. The van der Waals surface area contributed by atoms with Crippen LogP contribution in [0.15, 0.2) is 30.6 Å². The Bertz CT molecular complexity index is 1470. The Labute approximate surface area is 221 Å². The summed E-state index contributed by atoms with van der Waals surface area (Å²) in [6.45, 7) is 7.55. The van der Waals surface area contributed by atoms with Crippen LogP contribution in [0.2, 0.25) is 0 Å². The molecule has 1 saturated heterocycles. The number of pyridine rings is 1. The van der Waals surface area contributed by atoms with Gasteiger partial charge in [0.1, 0.15) is 22.4 Å². The molecule has 4 heterocycles. The van der Waals surface area contributed by atoms with Gasteiger partial charge in [-0.3, -0.25) is 9.48 Å². The van der Waals surface area contributed by atoms with Crippen molar-refractivity contribution in [1.29, 1.82) is 0 Å². The first kappa shape index (κ1) is 26.0. The van der Waals surface area contributed by atoms with Gasteiger partial charge in [-0.2, -0.15) is 10.2 Å². The van der Waals surface area contributed by atoms with E-state index in [1.807, 2.05) is 33.0 Å². The second kappa shape index (κ2) is 10.6. The number of anilines is 2. The highest BCUT2D eigenvalue weighted by Gasteiger charge is 2.29. The monoisotopic (exact) mass is 521 g/mol. The molecule has 6 rings (SSSR count). The van der Waals surface area contributed by atoms with Gasteiger partial charge in [-0.25, -0.2) is 8.91 Å². The van der Waals surface area contributed by atoms with Crippen molar-refractivity contribution in [3.8, 4) is 5.75 Å². The van der Waals surface area contributed by atoms with Crippen LogP contribution in [-0.2, 0) is 7.05 Å². The standard InChI is InChI=1S/C26H30FN7O2.C2H6/c1-15-12-22-25(36-3)20(8-11-34(22)30-15)29-26(35)23-19(27)13-21(18-14-32(2)31-24(18)23)33-9-6-17(7-10-33)28-16-4-5-16;1-2/h8,11-14,16-17,28H,4-7,9-10H2,1-3H3,(H,29,35);1-2H3. The van der Waals surface area contributed by atoms with Gasteiger partial charge in [-0.15, -0.1) is 0 Å². The molecule has 10 heteroatoms. The Morgan fingerprint density at radius 1 is 1.11 bits per heavy atom. The van der Waals surface area contributed by atoms with E-state index in [0.717, 1.165) is 42.7 Å². The fourth-order valence-electron chi connectivity index (χ4n) is 5.25. The van der Waals surface area contributed by atoms with E-state index in [1.165, 1.54) is 26.0 Å². The maximum Gasteiger partial charge on any atom is 0.261 e. The van der Waals surface area contributed by atoms with Gasteiger partial charge in [0.25, 0.3) is 5.91 Å². The highest BCUT2D eigenvalue weighted by atomic mass is 19.1. The van der Waals surface area contributed by atoms with Crippen molar-refractivity contribution in [1.82, 2.24) is 24.7 Å². The molecule has 1 aromatic carbocycles. The number of benzene rings is 1. The fourth-order valence-corrected chi connectivity index (χ4v) is 5.25. The number of nitrogens with zero attached hydrogens (tertiary/aromatic N) is 5. The molecule has 3 aromatic heterocycles. The van der Waals surface area contributed by atoms with E-state index in [-0.39, 0.29) is 5.56 Å². The zero-order valence-corrected chi connectivity index (χ0v) is 22.7. The Morgan fingerprint density at radius 2 is 1.82 bits per heavy atom. The molecule has 202 valence electrons. The van der Waals surface area contributed by atoms with E-state index in [4.69, 9.17) is 4.74 Å². The fraction of sp³-hybridized carbons (Fsp3) is 0.464. The summed E-state index contributed by atoms with van der Waals surface area (Å²) in [6, 6.07) is 6.23. The quantitative estimate of drug-likeness (QED) is 0.383. The van der Waals surface area contributed by atoms with Crippen LogP contribution in [0.5, 0.6) is 5.75 Å². The molecule has 38 heavy (non-hydrogen) atoms.